The van der Waals surface area contributed by atoms with Gasteiger partial charge in [0.1, 0.15) is 5.75 Å². The van der Waals surface area contributed by atoms with Crippen molar-refractivity contribution < 1.29 is 9.84 Å². The van der Waals surface area contributed by atoms with Crippen molar-refractivity contribution in [1.82, 2.24) is 0 Å². The number of para-hydroxylation sites is 1. The highest BCUT2D eigenvalue weighted by molar-refractivity contribution is 5.52. The van der Waals surface area contributed by atoms with Crippen LogP contribution in [0.1, 0.15) is 50.7 Å². The maximum absolute atomic E-state index is 10.3. The van der Waals surface area contributed by atoms with Crippen LogP contribution in [0, 0.1) is 0 Å². The minimum atomic E-state index is 0.232. The first-order valence-corrected chi connectivity index (χ1v) is 8.32. The largest absolute Gasteiger partial charge is 0.504 e. The summed E-state index contributed by atoms with van der Waals surface area (Å²) in [5.41, 5.74) is 2.47. The summed E-state index contributed by atoms with van der Waals surface area (Å²) in [7, 11) is 0. The molecule has 0 saturated carbocycles. The summed E-state index contributed by atoms with van der Waals surface area (Å²) < 4.78 is 6.01. The molecule has 0 heterocycles. The summed E-state index contributed by atoms with van der Waals surface area (Å²) in [4.78, 5) is 0. The van der Waals surface area contributed by atoms with Crippen LogP contribution in [0.5, 0.6) is 17.2 Å². The SMILES string of the molecule is CCCCc1ccc(O)c(Oc2ccccc2)c1CCCC. The first-order valence-electron chi connectivity index (χ1n) is 8.32. The third kappa shape index (κ3) is 4.27. The van der Waals surface area contributed by atoms with Crippen LogP contribution in [-0.2, 0) is 12.8 Å². The molecule has 0 saturated heterocycles. The first kappa shape index (κ1) is 16.4. The zero-order chi connectivity index (χ0) is 15.8. The average Bonchev–Trinajstić information content (AvgIpc) is 2.55. The summed E-state index contributed by atoms with van der Waals surface area (Å²) in [6.45, 7) is 4.39. The van der Waals surface area contributed by atoms with Crippen molar-refractivity contribution in [2.75, 3.05) is 0 Å². The lowest BCUT2D eigenvalue weighted by Crippen LogP contribution is -1.99. The lowest BCUT2D eigenvalue weighted by atomic mass is 9.96. The molecular weight excluding hydrogens is 272 g/mol. The Morgan fingerprint density at radius 1 is 0.864 bits per heavy atom. The molecule has 1 N–H and O–H groups in total. The smallest absolute Gasteiger partial charge is 0.172 e. The Morgan fingerprint density at radius 2 is 1.55 bits per heavy atom. The minimum absolute atomic E-state index is 0.232. The number of ether oxygens (including phenoxy) is 1. The molecule has 2 aromatic carbocycles. The van der Waals surface area contributed by atoms with Gasteiger partial charge in [0, 0.05) is 5.56 Å². The zero-order valence-corrected chi connectivity index (χ0v) is 13.6. The number of phenols is 1. The fourth-order valence-corrected chi connectivity index (χ4v) is 2.61. The Labute approximate surface area is 133 Å². The van der Waals surface area contributed by atoms with Gasteiger partial charge in [-0.2, -0.15) is 0 Å². The summed E-state index contributed by atoms with van der Waals surface area (Å²) >= 11 is 0. The molecule has 2 nitrogen and oxygen atoms in total. The van der Waals surface area contributed by atoms with Gasteiger partial charge < -0.3 is 9.84 Å². The summed E-state index contributed by atoms with van der Waals surface area (Å²) in [5, 5.41) is 10.3. The lowest BCUT2D eigenvalue weighted by Gasteiger charge is -2.17. The van der Waals surface area contributed by atoms with Crippen LogP contribution in [0.2, 0.25) is 0 Å². The molecule has 22 heavy (non-hydrogen) atoms. The molecule has 0 amide bonds. The monoisotopic (exact) mass is 298 g/mol. The van der Waals surface area contributed by atoms with Crippen LogP contribution < -0.4 is 4.74 Å². The van der Waals surface area contributed by atoms with Gasteiger partial charge in [-0.05, 0) is 49.4 Å². The van der Waals surface area contributed by atoms with Crippen LogP contribution in [0.15, 0.2) is 42.5 Å². The van der Waals surface area contributed by atoms with E-state index in [1.54, 1.807) is 6.07 Å². The predicted octanol–water partition coefficient (Wildman–Crippen LogP) is 5.87. The van der Waals surface area contributed by atoms with Crippen LogP contribution in [0.3, 0.4) is 0 Å². The van der Waals surface area contributed by atoms with E-state index in [9.17, 15) is 5.11 Å². The molecule has 0 radical (unpaired) electrons. The lowest BCUT2D eigenvalue weighted by molar-refractivity contribution is 0.406. The first-order chi connectivity index (χ1) is 10.8. The number of hydrogen-bond acceptors (Lipinski definition) is 2. The number of unbranched alkanes of at least 4 members (excludes halogenated alkanes) is 2. The van der Waals surface area contributed by atoms with Gasteiger partial charge in [-0.1, -0.05) is 51.0 Å². The molecule has 2 rings (SSSR count). The van der Waals surface area contributed by atoms with Crippen molar-refractivity contribution >= 4 is 0 Å². The second-order valence-corrected chi connectivity index (χ2v) is 5.67. The Hall–Kier alpha value is -1.96. The van der Waals surface area contributed by atoms with Crippen molar-refractivity contribution in [2.45, 2.75) is 52.4 Å². The number of phenolic OH excluding ortho intramolecular Hbond substituents is 1. The van der Waals surface area contributed by atoms with Gasteiger partial charge in [-0.25, -0.2) is 0 Å². The standard InChI is InChI=1S/C20H26O2/c1-3-5-10-16-14-15-19(21)20(18(16)13-6-4-2)22-17-11-8-7-9-12-17/h7-9,11-12,14-15,21H,3-6,10,13H2,1-2H3. The van der Waals surface area contributed by atoms with Crippen molar-refractivity contribution in [3.63, 3.8) is 0 Å². The van der Waals surface area contributed by atoms with E-state index in [4.69, 9.17) is 4.74 Å². The molecular formula is C20H26O2. The third-order valence-corrected chi connectivity index (χ3v) is 3.88. The molecule has 0 fully saturated rings. The molecule has 0 bridgehead atoms. The number of rotatable bonds is 8. The highest BCUT2D eigenvalue weighted by atomic mass is 16.5. The average molecular weight is 298 g/mol. The maximum Gasteiger partial charge on any atom is 0.172 e. The van der Waals surface area contributed by atoms with Crippen LogP contribution in [0.4, 0.5) is 0 Å². The summed E-state index contributed by atoms with van der Waals surface area (Å²) in [6, 6.07) is 13.5. The topological polar surface area (TPSA) is 29.5 Å². The van der Waals surface area contributed by atoms with Gasteiger partial charge >= 0.3 is 0 Å². The molecule has 118 valence electrons. The Kier molecular flexibility index (Phi) is 6.32. The summed E-state index contributed by atoms with van der Waals surface area (Å²) in [6.07, 6.45) is 6.56. The van der Waals surface area contributed by atoms with Crippen LogP contribution in [0.25, 0.3) is 0 Å². The van der Waals surface area contributed by atoms with Crippen LogP contribution >= 0.6 is 0 Å². The highest BCUT2D eigenvalue weighted by Crippen LogP contribution is 2.37. The summed E-state index contributed by atoms with van der Waals surface area (Å²) in [5.74, 6) is 1.63. The molecule has 0 aliphatic rings. The van der Waals surface area contributed by atoms with Crippen molar-refractivity contribution in [3.05, 3.63) is 53.6 Å². The highest BCUT2D eigenvalue weighted by Gasteiger charge is 2.15. The molecule has 0 aliphatic carbocycles. The molecule has 0 atom stereocenters. The number of benzene rings is 2. The zero-order valence-electron chi connectivity index (χ0n) is 13.6. The van der Waals surface area contributed by atoms with Gasteiger partial charge in [0.2, 0.25) is 0 Å². The second kappa shape index (κ2) is 8.47. The Morgan fingerprint density at radius 3 is 2.23 bits per heavy atom. The number of hydrogen-bond donors (Lipinski definition) is 1. The number of aromatic hydroxyl groups is 1. The van der Waals surface area contributed by atoms with E-state index < -0.39 is 0 Å². The molecule has 0 aromatic heterocycles. The van der Waals surface area contributed by atoms with E-state index in [1.165, 1.54) is 17.5 Å². The van der Waals surface area contributed by atoms with Crippen molar-refractivity contribution in [1.29, 1.82) is 0 Å². The minimum Gasteiger partial charge on any atom is -0.504 e. The van der Waals surface area contributed by atoms with E-state index >= 15 is 0 Å². The van der Waals surface area contributed by atoms with Crippen molar-refractivity contribution in [2.24, 2.45) is 0 Å². The van der Waals surface area contributed by atoms with Gasteiger partial charge in [0.15, 0.2) is 11.5 Å². The van der Waals surface area contributed by atoms with Gasteiger partial charge in [-0.3, -0.25) is 0 Å². The third-order valence-electron chi connectivity index (χ3n) is 3.88. The normalized spacial score (nSPS) is 10.6. The molecule has 2 heteroatoms. The molecule has 0 unspecified atom stereocenters. The quantitative estimate of drug-likeness (QED) is 0.660. The molecule has 0 spiro atoms. The Balaban J connectivity index is 2.35. The van der Waals surface area contributed by atoms with Crippen molar-refractivity contribution in [3.8, 4) is 17.2 Å². The second-order valence-electron chi connectivity index (χ2n) is 5.67. The van der Waals surface area contributed by atoms with E-state index in [1.807, 2.05) is 36.4 Å². The van der Waals surface area contributed by atoms with Gasteiger partial charge in [-0.15, -0.1) is 0 Å². The van der Waals surface area contributed by atoms with E-state index in [2.05, 4.69) is 13.8 Å². The molecule has 0 aliphatic heterocycles. The van der Waals surface area contributed by atoms with E-state index in [-0.39, 0.29) is 5.75 Å². The fourth-order valence-electron chi connectivity index (χ4n) is 2.61. The Bertz CT molecular complexity index is 576. The number of aryl methyl sites for hydroxylation is 1. The fraction of sp³-hybridized carbons (Fsp3) is 0.400. The van der Waals surface area contributed by atoms with E-state index in [0.29, 0.717) is 5.75 Å². The van der Waals surface area contributed by atoms with E-state index in [0.717, 1.165) is 37.9 Å². The maximum atomic E-state index is 10.3. The van der Waals surface area contributed by atoms with Gasteiger partial charge in [0.05, 0.1) is 0 Å². The predicted molar refractivity (Wildman–Crippen MR) is 91.8 cm³/mol. The molecule has 2 aromatic rings. The van der Waals surface area contributed by atoms with Crippen LogP contribution in [-0.4, -0.2) is 5.11 Å². The van der Waals surface area contributed by atoms with Gasteiger partial charge in [0.25, 0.3) is 0 Å².